The van der Waals surface area contributed by atoms with Gasteiger partial charge in [0.25, 0.3) is 0 Å². The van der Waals surface area contributed by atoms with Crippen molar-refractivity contribution in [2.45, 2.75) is 0 Å². The maximum absolute atomic E-state index is 5.11. The van der Waals surface area contributed by atoms with E-state index < -0.39 is 0 Å². The van der Waals surface area contributed by atoms with Crippen LogP contribution in [0.4, 0.5) is 0 Å². The molecule has 4 heterocycles. The van der Waals surface area contributed by atoms with Gasteiger partial charge in [0, 0.05) is 58.0 Å². The van der Waals surface area contributed by atoms with Crippen molar-refractivity contribution in [3.63, 3.8) is 0 Å². The van der Waals surface area contributed by atoms with E-state index in [2.05, 4.69) is 113 Å². The van der Waals surface area contributed by atoms with Crippen molar-refractivity contribution in [2.24, 2.45) is 0 Å². The Morgan fingerprint density at radius 3 is 1.67 bits per heavy atom. The molecule has 0 aliphatic carbocycles. The molecule has 0 amide bonds. The molecule has 0 N–H and O–H groups in total. The van der Waals surface area contributed by atoms with Crippen molar-refractivity contribution < 1.29 is 0 Å². The molecule has 4 aromatic heterocycles. The van der Waals surface area contributed by atoms with Crippen molar-refractivity contribution in [2.75, 3.05) is 0 Å². The molecule has 8 aromatic rings. The lowest BCUT2D eigenvalue weighted by Crippen LogP contribution is -1.96. The lowest BCUT2D eigenvalue weighted by Gasteiger charge is -2.12. The Kier molecular flexibility index (Phi) is 7.09. The molecule has 0 aliphatic heterocycles. The van der Waals surface area contributed by atoms with Crippen molar-refractivity contribution in [1.29, 1.82) is 0 Å². The van der Waals surface area contributed by atoms with Crippen LogP contribution in [0.25, 0.3) is 78.3 Å². The van der Waals surface area contributed by atoms with Gasteiger partial charge in [0.15, 0.2) is 5.82 Å². The van der Waals surface area contributed by atoms with E-state index >= 15 is 0 Å². The lowest BCUT2D eigenvalue weighted by molar-refractivity contribution is 1.18. The molecule has 0 bridgehead atoms. The Labute approximate surface area is 267 Å². The predicted octanol–water partition coefficient (Wildman–Crippen LogP) is 9.82. The number of pyridine rings is 3. The molecule has 0 radical (unpaired) electrons. The number of benzene rings is 4. The van der Waals surface area contributed by atoms with E-state index in [9.17, 15) is 0 Å². The number of hydrogen-bond donors (Lipinski definition) is 0. The molecule has 0 atom stereocenters. The van der Waals surface area contributed by atoms with Crippen LogP contribution in [0.3, 0.4) is 0 Å². The van der Waals surface area contributed by atoms with Gasteiger partial charge in [-0.25, -0.2) is 9.97 Å². The second-order valence-corrected chi connectivity index (χ2v) is 11.1. The first-order valence-electron chi connectivity index (χ1n) is 15.1. The van der Waals surface area contributed by atoms with E-state index in [0.29, 0.717) is 5.82 Å². The summed E-state index contributed by atoms with van der Waals surface area (Å²) in [5, 5.41) is 2.29. The monoisotopic (exact) mass is 589 g/mol. The van der Waals surface area contributed by atoms with Crippen LogP contribution in [-0.2, 0) is 0 Å². The molecular weight excluding hydrogens is 562 g/mol. The normalized spacial score (nSPS) is 11.0. The fraction of sp³-hybridized carbons (Fsp3) is 0. The molecule has 0 spiro atoms. The highest BCUT2D eigenvalue weighted by Crippen LogP contribution is 2.32. The van der Waals surface area contributed by atoms with E-state index in [1.165, 1.54) is 5.39 Å². The molecule has 0 fully saturated rings. The van der Waals surface area contributed by atoms with E-state index in [-0.39, 0.29) is 0 Å². The van der Waals surface area contributed by atoms with Crippen LogP contribution in [0, 0.1) is 0 Å². The average molecular weight is 590 g/mol. The number of hydrogen-bond acceptors (Lipinski definition) is 5. The van der Waals surface area contributed by atoms with Crippen molar-refractivity contribution in [3.8, 4) is 67.5 Å². The fourth-order valence-electron chi connectivity index (χ4n) is 5.68. The molecule has 5 heteroatoms. The largest absolute Gasteiger partial charge is 0.265 e. The second-order valence-electron chi connectivity index (χ2n) is 11.1. The Balaban J connectivity index is 1.23. The van der Waals surface area contributed by atoms with Gasteiger partial charge in [-0.05, 0) is 65.0 Å². The maximum Gasteiger partial charge on any atom is 0.160 e. The first kappa shape index (κ1) is 27.2. The van der Waals surface area contributed by atoms with Gasteiger partial charge >= 0.3 is 0 Å². The highest BCUT2D eigenvalue weighted by molar-refractivity contribution is 5.85. The number of fused-ring (bicyclic) bond motifs is 1. The fourth-order valence-corrected chi connectivity index (χ4v) is 5.68. The highest BCUT2D eigenvalue weighted by Gasteiger charge is 2.13. The van der Waals surface area contributed by atoms with Crippen LogP contribution in [0.5, 0.6) is 0 Å². The minimum Gasteiger partial charge on any atom is -0.265 e. The van der Waals surface area contributed by atoms with Crippen molar-refractivity contribution in [1.82, 2.24) is 24.9 Å². The summed E-state index contributed by atoms with van der Waals surface area (Å²) in [7, 11) is 0. The Bertz CT molecular complexity index is 2200. The summed E-state index contributed by atoms with van der Waals surface area (Å²) in [4.78, 5) is 23.7. The number of aromatic nitrogens is 5. The van der Waals surface area contributed by atoms with Crippen LogP contribution in [0.2, 0.25) is 0 Å². The topological polar surface area (TPSA) is 64.5 Å². The predicted molar refractivity (Wildman–Crippen MR) is 186 cm³/mol. The molecule has 0 unspecified atom stereocenters. The zero-order valence-corrected chi connectivity index (χ0v) is 24.8. The van der Waals surface area contributed by atoms with E-state index in [4.69, 9.17) is 15.0 Å². The Morgan fingerprint density at radius 2 is 0.957 bits per heavy atom. The summed E-state index contributed by atoms with van der Waals surface area (Å²) >= 11 is 0. The van der Waals surface area contributed by atoms with Crippen LogP contribution >= 0.6 is 0 Å². The molecule has 46 heavy (non-hydrogen) atoms. The SMILES string of the molecule is c1ccc(-c2cccc(-c3cc(-c4cccc(-c5ccncc5)c4)nc(-c4ccc(-c5cc6ccccc6cn5)cc4)n3)c2)nc1. The summed E-state index contributed by atoms with van der Waals surface area (Å²) in [5.74, 6) is 0.656. The third kappa shape index (κ3) is 5.53. The Hall–Kier alpha value is -6.33. The van der Waals surface area contributed by atoms with Crippen LogP contribution in [-0.4, -0.2) is 24.9 Å². The van der Waals surface area contributed by atoms with Gasteiger partial charge in [-0.3, -0.25) is 15.0 Å². The van der Waals surface area contributed by atoms with Gasteiger partial charge < -0.3 is 0 Å². The zero-order chi connectivity index (χ0) is 30.7. The van der Waals surface area contributed by atoms with Gasteiger partial charge in [0.05, 0.1) is 22.8 Å². The average Bonchev–Trinajstić information content (AvgIpc) is 3.15. The molecule has 0 aliphatic rings. The third-order valence-electron chi connectivity index (χ3n) is 8.09. The number of rotatable bonds is 6. The van der Waals surface area contributed by atoms with Gasteiger partial charge in [0.1, 0.15) is 0 Å². The van der Waals surface area contributed by atoms with Gasteiger partial charge in [-0.1, -0.05) is 91.0 Å². The molecule has 0 saturated carbocycles. The van der Waals surface area contributed by atoms with Crippen LogP contribution in [0.15, 0.2) is 164 Å². The van der Waals surface area contributed by atoms with Crippen molar-refractivity contribution >= 4 is 10.8 Å². The first-order valence-corrected chi connectivity index (χ1v) is 15.1. The van der Waals surface area contributed by atoms with E-state index in [0.717, 1.165) is 67.1 Å². The molecule has 216 valence electrons. The third-order valence-corrected chi connectivity index (χ3v) is 8.09. The van der Waals surface area contributed by atoms with Gasteiger partial charge in [-0.2, -0.15) is 0 Å². The minimum atomic E-state index is 0.656. The quantitative estimate of drug-likeness (QED) is 0.193. The van der Waals surface area contributed by atoms with E-state index in [1.807, 2.05) is 61.2 Å². The zero-order valence-electron chi connectivity index (χ0n) is 24.8. The maximum atomic E-state index is 5.11. The summed E-state index contributed by atoms with van der Waals surface area (Å²) in [5.41, 5.74) is 10.8. The second kappa shape index (κ2) is 12.0. The minimum absolute atomic E-state index is 0.656. The first-order chi connectivity index (χ1) is 22.8. The molecule has 0 saturated heterocycles. The summed E-state index contributed by atoms with van der Waals surface area (Å²) in [6.07, 6.45) is 7.37. The van der Waals surface area contributed by atoms with Gasteiger partial charge in [-0.15, -0.1) is 0 Å². The number of nitrogens with zero attached hydrogens (tertiary/aromatic N) is 5. The van der Waals surface area contributed by atoms with Crippen LogP contribution in [0.1, 0.15) is 0 Å². The Morgan fingerprint density at radius 1 is 0.326 bits per heavy atom. The lowest BCUT2D eigenvalue weighted by atomic mass is 10.00. The molecular formula is C41H27N5. The molecule has 8 rings (SSSR count). The summed E-state index contributed by atoms with van der Waals surface area (Å²) < 4.78 is 0. The van der Waals surface area contributed by atoms with E-state index in [1.54, 1.807) is 0 Å². The summed E-state index contributed by atoms with van der Waals surface area (Å²) in [6, 6.07) is 47.6. The van der Waals surface area contributed by atoms with Crippen LogP contribution < -0.4 is 0 Å². The van der Waals surface area contributed by atoms with Gasteiger partial charge in [0.2, 0.25) is 0 Å². The highest BCUT2D eigenvalue weighted by atomic mass is 14.9. The summed E-state index contributed by atoms with van der Waals surface area (Å²) in [6.45, 7) is 0. The molecule has 4 aromatic carbocycles. The standard InChI is InChI=1S/C41H27N5/c1-2-8-36-27-44-38(25-32(36)7-1)29-14-16-30(17-15-29)41-45-39(34-11-5-9-31(23-34)28-18-21-42-22-19-28)26-40(46-41)35-12-6-10-33(24-35)37-13-3-4-20-43-37/h1-27H. The van der Waals surface area contributed by atoms with Crippen molar-refractivity contribution in [3.05, 3.63) is 164 Å². The molecule has 5 nitrogen and oxygen atoms in total. The smallest absolute Gasteiger partial charge is 0.160 e.